The maximum atomic E-state index is 8.60. The molecule has 0 aromatic heterocycles. The first kappa shape index (κ1) is 22.1. The molecule has 28 heavy (non-hydrogen) atoms. The van der Waals surface area contributed by atoms with E-state index in [1.54, 1.807) is 0 Å². The van der Waals surface area contributed by atoms with Crippen molar-refractivity contribution in [3.63, 3.8) is 0 Å². The Morgan fingerprint density at radius 2 is 1.82 bits per heavy atom. The summed E-state index contributed by atoms with van der Waals surface area (Å²) in [6.07, 6.45) is 7.49. The van der Waals surface area contributed by atoms with E-state index < -0.39 is 10.2 Å². The second kappa shape index (κ2) is 10.9. The van der Waals surface area contributed by atoms with Gasteiger partial charge in [-0.3, -0.25) is 4.99 Å². The molecule has 0 fully saturated rings. The molecular weight excluding hydrogens is 382 g/mol. The number of allylic oxidation sites excluding steroid dienone is 1. The Bertz CT molecular complexity index is 794. The van der Waals surface area contributed by atoms with Crippen molar-refractivity contribution >= 4 is 11.8 Å². The summed E-state index contributed by atoms with van der Waals surface area (Å²) < 4.78 is 38.5. The molecule has 0 aliphatic carbocycles. The molecule has 1 N–H and O–H groups in total. The van der Waals surface area contributed by atoms with Crippen molar-refractivity contribution in [2.45, 2.75) is 26.2 Å². The number of hydrogen-bond acceptors (Lipinski definition) is 6. The highest BCUT2D eigenvalue weighted by Crippen LogP contribution is 2.23. The van der Waals surface area contributed by atoms with Crippen LogP contribution in [0.1, 0.15) is 36.5 Å². The van der Waals surface area contributed by atoms with Gasteiger partial charge in [0.1, 0.15) is 5.75 Å². The molecule has 2 aromatic carbocycles. The zero-order valence-corrected chi connectivity index (χ0v) is 16.5. The fourth-order valence-corrected chi connectivity index (χ4v) is 2.71. The molecule has 2 aromatic rings. The lowest BCUT2D eigenvalue weighted by atomic mass is 9.96. The number of halogens is 1. The van der Waals surface area contributed by atoms with E-state index in [2.05, 4.69) is 66.5 Å². The van der Waals surface area contributed by atoms with E-state index in [-0.39, 0.29) is 0 Å². The van der Waals surface area contributed by atoms with Crippen LogP contribution in [0.4, 0.5) is 0 Å². The van der Waals surface area contributed by atoms with Gasteiger partial charge in [-0.2, -0.15) is 14.0 Å². The first-order valence-corrected chi connectivity index (χ1v) is 10.3. The van der Waals surface area contributed by atoms with E-state index in [1.807, 2.05) is 6.07 Å². The lowest BCUT2D eigenvalue weighted by molar-refractivity contribution is -1.92. The first-order chi connectivity index (χ1) is 13.4. The minimum Gasteiger partial charge on any atom is -0.494 e. The van der Waals surface area contributed by atoms with E-state index in [1.165, 1.54) is 16.7 Å². The van der Waals surface area contributed by atoms with Crippen LogP contribution in [0, 0.1) is 10.2 Å². The molecule has 1 aliphatic heterocycles. The number of benzene rings is 2. The first-order valence-electron chi connectivity index (χ1n) is 9.03. The number of nitrogens with zero attached hydrogens (tertiary/aromatic N) is 1. The molecule has 0 saturated heterocycles. The van der Waals surface area contributed by atoms with Gasteiger partial charge in [-0.15, -0.1) is 0 Å². The molecule has 0 atom stereocenters. The van der Waals surface area contributed by atoms with Crippen molar-refractivity contribution in [2.24, 2.45) is 4.99 Å². The van der Waals surface area contributed by atoms with Gasteiger partial charge >= 0.3 is 0 Å². The minimum atomic E-state index is -4.69. The van der Waals surface area contributed by atoms with E-state index >= 15 is 0 Å². The third kappa shape index (κ3) is 8.21. The lowest BCUT2D eigenvalue weighted by Gasteiger charge is -2.16. The molecular formula is C21H24ClNO5. The standard InChI is InChI=1S/C21H23NO.ClHO4/c1-2-3-15-23-19-10-11-20-18(16-19)13-14-22-21(20)12-9-17-7-5-4-6-8-17;2-1(3,4)5/h4-12,16H,2-3,13-15H2,1H3;(H,2,3,4,5)/b12-9+;. The largest absolute Gasteiger partial charge is 0.494 e. The van der Waals surface area contributed by atoms with Crippen molar-refractivity contribution in [1.29, 1.82) is 0 Å². The third-order valence-corrected chi connectivity index (χ3v) is 4.02. The summed E-state index contributed by atoms with van der Waals surface area (Å²) in [7, 11) is -4.69. The zero-order chi connectivity index (χ0) is 20.4. The highest BCUT2D eigenvalue weighted by atomic mass is 35.7. The fourth-order valence-electron chi connectivity index (χ4n) is 2.71. The molecule has 0 amide bonds. The quantitative estimate of drug-likeness (QED) is 0.714. The van der Waals surface area contributed by atoms with Gasteiger partial charge in [0, 0.05) is 12.1 Å². The van der Waals surface area contributed by atoms with Gasteiger partial charge < -0.3 is 4.74 Å². The average Bonchev–Trinajstić information content (AvgIpc) is 2.66. The molecule has 0 unspecified atom stereocenters. The summed E-state index contributed by atoms with van der Waals surface area (Å²) >= 11 is 0. The van der Waals surface area contributed by atoms with E-state index in [0.29, 0.717) is 0 Å². The van der Waals surface area contributed by atoms with Gasteiger partial charge in [-0.25, -0.2) is 0 Å². The molecule has 1 aliphatic rings. The van der Waals surface area contributed by atoms with Crippen LogP contribution in [0.3, 0.4) is 0 Å². The fraction of sp³-hybridized carbons (Fsp3) is 0.286. The van der Waals surface area contributed by atoms with Gasteiger partial charge in [0.2, 0.25) is 0 Å². The number of ether oxygens (including phenoxy) is 1. The lowest BCUT2D eigenvalue weighted by Crippen LogP contribution is -2.58. The summed E-state index contributed by atoms with van der Waals surface area (Å²) in [5.41, 5.74) is 4.82. The van der Waals surface area contributed by atoms with Gasteiger partial charge in [0.25, 0.3) is 0 Å². The second-order valence-electron chi connectivity index (χ2n) is 6.18. The minimum absolute atomic E-state index is 0.796. The third-order valence-electron chi connectivity index (χ3n) is 4.02. The number of rotatable bonds is 6. The summed E-state index contributed by atoms with van der Waals surface area (Å²) in [5.74, 6) is 0.977. The van der Waals surface area contributed by atoms with Crippen LogP contribution in [0.25, 0.3) is 6.08 Å². The predicted octanol–water partition coefficient (Wildman–Crippen LogP) is 0.800. The Balaban J connectivity index is 0.000000500. The van der Waals surface area contributed by atoms with Crippen LogP contribution in [0.5, 0.6) is 5.75 Å². The van der Waals surface area contributed by atoms with Crippen LogP contribution < -0.4 is 18.7 Å². The summed E-state index contributed by atoms with van der Waals surface area (Å²) in [5, 5.41) is 0. The Morgan fingerprint density at radius 3 is 2.50 bits per heavy atom. The average molecular weight is 406 g/mol. The molecule has 0 spiro atoms. The van der Waals surface area contributed by atoms with Crippen molar-refractivity contribution in [2.75, 3.05) is 13.2 Å². The predicted molar refractivity (Wildman–Crippen MR) is 99.6 cm³/mol. The van der Waals surface area contributed by atoms with Gasteiger partial charge in [0.15, 0.2) is 0 Å². The number of fused-ring (bicyclic) bond motifs is 1. The molecule has 3 rings (SSSR count). The summed E-state index contributed by atoms with van der Waals surface area (Å²) in [4.78, 5) is 4.68. The van der Waals surface area contributed by atoms with Crippen molar-refractivity contribution in [1.82, 2.24) is 0 Å². The molecule has 7 heteroatoms. The molecule has 150 valence electrons. The van der Waals surface area contributed by atoms with Crippen LogP contribution in [-0.2, 0) is 6.42 Å². The Morgan fingerprint density at radius 1 is 1.11 bits per heavy atom. The van der Waals surface area contributed by atoms with Crippen LogP contribution >= 0.6 is 0 Å². The monoisotopic (exact) mass is 405 g/mol. The Labute approximate surface area is 167 Å². The molecule has 1 heterocycles. The number of hydrogen-bond donors (Lipinski definition) is 1. The van der Waals surface area contributed by atoms with Crippen molar-refractivity contribution in [3.05, 3.63) is 71.3 Å². The topological polar surface area (TPSA) is 111 Å². The normalized spacial score (nSPS) is 13.4. The number of unbranched alkanes of at least 4 members (excludes halogenated alkanes) is 1. The Kier molecular flexibility index (Phi) is 8.63. The Hall–Kier alpha value is -2.22. The van der Waals surface area contributed by atoms with Crippen molar-refractivity contribution in [3.8, 4) is 5.75 Å². The maximum Gasteiger partial charge on any atom is 0.119 e. The SMILES string of the molecule is CCCCOc1ccc2c(c1)CCN=C2/C=C/c1ccccc1.[O-][Cl+3]([O-])([O-])O. The van der Waals surface area contributed by atoms with Crippen LogP contribution in [-0.4, -0.2) is 23.5 Å². The second-order valence-corrected chi connectivity index (χ2v) is 6.97. The highest BCUT2D eigenvalue weighted by Gasteiger charge is 2.13. The summed E-state index contributed by atoms with van der Waals surface area (Å²) in [6.45, 7) is 3.82. The molecule has 6 nitrogen and oxygen atoms in total. The summed E-state index contributed by atoms with van der Waals surface area (Å²) in [6, 6.07) is 16.7. The van der Waals surface area contributed by atoms with E-state index in [0.717, 1.165) is 43.9 Å². The number of aliphatic imine (C=N–C) groups is 1. The van der Waals surface area contributed by atoms with Gasteiger partial charge in [0.05, 0.1) is 27.2 Å². The van der Waals surface area contributed by atoms with Crippen LogP contribution in [0.2, 0.25) is 0 Å². The highest BCUT2D eigenvalue weighted by molar-refractivity contribution is 6.12. The van der Waals surface area contributed by atoms with Gasteiger partial charge in [-0.05, 0) is 48.2 Å². The van der Waals surface area contributed by atoms with Gasteiger partial charge in [-0.1, -0.05) is 49.8 Å². The molecule has 0 bridgehead atoms. The smallest absolute Gasteiger partial charge is 0.119 e. The molecule has 0 saturated carbocycles. The zero-order valence-electron chi connectivity index (χ0n) is 15.7. The maximum absolute atomic E-state index is 8.60. The van der Waals surface area contributed by atoms with Crippen molar-refractivity contribution < 1.29 is 33.6 Å². The molecule has 0 radical (unpaired) electrons. The van der Waals surface area contributed by atoms with E-state index in [4.69, 9.17) is 23.4 Å². The van der Waals surface area contributed by atoms with E-state index in [9.17, 15) is 0 Å². The van der Waals surface area contributed by atoms with Crippen LogP contribution in [0.15, 0.2) is 59.6 Å².